The van der Waals surface area contributed by atoms with Gasteiger partial charge in [0.2, 0.25) is 0 Å². The van der Waals surface area contributed by atoms with Crippen molar-refractivity contribution >= 4 is 11.6 Å². The molecule has 0 aliphatic carbocycles. The minimum atomic E-state index is 0.0432. The summed E-state index contributed by atoms with van der Waals surface area (Å²) in [5, 5.41) is 3.96. The van der Waals surface area contributed by atoms with Crippen molar-refractivity contribution in [3.05, 3.63) is 52.8 Å². The monoisotopic (exact) mass is 381 g/mol. The molecule has 0 atom stereocenters. The second kappa shape index (κ2) is 7.75. The smallest absolute Gasteiger partial charge is 0.274 e. The van der Waals surface area contributed by atoms with Crippen LogP contribution in [-0.4, -0.2) is 50.4 Å². The lowest BCUT2D eigenvalue weighted by Crippen LogP contribution is -2.36. The van der Waals surface area contributed by atoms with E-state index in [0.717, 1.165) is 54.3 Å². The molecule has 7 heteroatoms. The van der Waals surface area contributed by atoms with Gasteiger partial charge in [0.25, 0.3) is 5.91 Å². The summed E-state index contributed by atoms with van der Waals surface area (Å²) in [5.41, 5.74) is 4.27. The molecule has 0 radical (unpaired) electrons. The molecule has 1 amide bonds. The molecule has 0 saturated carbocycles. The number of amides is 1. The second-order valence-electron chi connectivity index (χ2n) is 7.75. The predicted octanol–water partition coefficient (Wildman–Crippen LogP) is 3.20. The van der Waals surface area contributed by atoms with Crippen molar-refractivity contribution in [2.45, 2.75) is 46.2 Å². The third kappa shape index (κ3) is 3.67. The molecule has 148 valence electrons. The summed E-state index contributed by atoms with van der Waals surface area (Å²) >= 11 is 0. The van der Waals surface area contributed by atoms with Crippen LogP contribution < -0.4 is 0 Å². The molecule has 4 heterocycles. The topological polar surface area (TPSA) is 66.9 Å². The van der Waals surface area contributed by atoms with Gasteiger partial charge in [-0.3, -0.25) is 9.69 Å². The molecule has 0 bridgehead atoms. The lowest BCUT2D eigenvalue weighted by Gasteiger charge is -2.26. The van der Waals surface area contributed by atoms with Gasteiger partial charge in [-0.1, -0.05) is 11.2 Å². The first-order valence-corrected chi connectivity index (χ1v) is 9.89. The molecule has 0 spiro atoms. The molecule has 3 aromatic heterocycles. The van der Waals surface area contributed by atoms with Crippen molar-refractivity contribution in [2.75, 3.05) is 20.1 Å². The Balaban J connectivity index is 1.66. The number of likely N-dealkylation sites (tertiary alicyclic amines) is 1. The van der Waals surface area contributed by atoms with Crippen LogP contribution in [0.15, 0.2) is 28.9 Å². The number of carbonyl (C=O) groups excluding carboxylic acids is 1. The van der Waals surface area contributed by atoms with E-state index in [1.807, 2.05) is 50.2 Å². The average molecular weight is 381 g/mol. The number of imidazole rings is 1. The standard InChI is InChI=1S/C21H27N5O2/c1-15-8-7-11-26-18(14-24(3)13-17-12-16(2)23-28-17)19(22-20(15)26)21(27)25-9-5-4-6-10-25/h7-8,11-12H,4-6,9-10,13-14H2,1-3H3. The molecule has 0 aromatic carbocycles. The highest BCUT2D eigenvalue weighted by Gasteiger charge is 2.26. The number of carbonyl (C=O) groups is 1. The number of hydrogen-bond donors (Lipinski definition) is 0. The third-order valence-electron chi connectivity index (χ3n) is 5.31. The molecular formula is C21H27N5O2. The van der Waals surface area contributed by atoms with Gasteiger partial charge in [0.05, 0.1) is 17.9 Å². The van der Waals surface area contributed by atoms with Crippen LogP contribution in [0.4, 0.5) is 0 Å². The zero-order valence-electron chi connectivity index (χ0n) is 16.8. The lowest BCUT2D eigenvalue weighted by atomic mass is 10.1. The van der Waals surface area contributed by atoms with Crippen molar-refractivity contribution < 1.29 is 9.32 Å². The number of rotatable bonds is 5. The Morgan fingerprint density at radius 1 is 1.21 bits per heavy atom. The van der Waals surface area contributed by atoms with Gasteiger partial charge in [-0.2, -0.15) is 0 Å². The Bertz CT molecular complexity index is 984. The maximum atomic E-state index is 13.2. The van der Waals surface area contributed by atoms with Gasteiger partial charge < -0.3 is 13.8 Å². The third-order valence-corrected chi connectivity index (χ3v) is 5.31. The minimum Gasteiger partial charge on any atom is -0.360 e. The number of aryl methyl sites for hydroxylation is 2. The van der Waals surface area contributed by atoms with Crippen LogP contribution in [0.2, 0.25) is 0 Å². The molecule has 1 aliphatic rings. The van der Waals surface area contributed by atoms with Crippen molar-refractivity contribution in [1.29, 1.82) is 0 Å². The Hall–Kier alpha value is -2.67. The first-order valence-electron chi connectivity index (χ1n) is 9.89. The van der Waals surface area contributed by atoms with E-state index in [1.54, 1.807) is 0 Å². The zero-order chi connectivity index (χ0) is 19.7. The quantitative estimate of drug-likeness (QED) is 0.679. The molecule has 4 rings (SSSR count). The predicted molar refractivity (Wildman–Crippen MR) is 106 cm³/mol. The van der Waals surface area contributed by atoms with E-state index in [2.05, 4.69) is 14.5 Å². The maximum Gasteiger partial charge on any atom is 0.274 e. The summed E-state index contributed by atoms with van der Waals surface area (Å²) in [6, 6.07) is 5.97. The molecule has 0 N–H and O–H groups in total. The van der Waals surface area contributed by atoms with Crippen LogP contribution >= 0.6 is 0 Å². The van der Waals surface area contributed by atoms with Gasteiger partial charge in [-0.15, -0.1) is 0 Å². The van der Waals surface area contributed by atoms with Gasteiger partial charge >= 0.3 is 0 Å². The van der Waals surface area contributed by atoms with E-state index in [4.69, 9.17) is 9.51 Å². The highest BCUT2D eigenvalue weighted by molar-refractivity contribution is 5.94. The lowest BCUT2D eigenvalue weighted by molar-refractivity contribution is 0.0716. The molecule has 3 aromatic rings. The first-order chi connectivity index (χ1) is 13.5. The first kappa shape index (κ1) is 18.7. The molecule has 28 heavy (non-hydrogen) atoms. The Kier molecular flexibility index (Phi) is 5.17. The fraction of sp³-hybridized carbons (Fsp3) is 0.476. The van der Waals surface area contributed by atoms with Crippen LogP contribution in [0.1, 0.15) is 52.5 Å². The molecule has 1 aliphatic heterocycles. The van der Waals surface area contributed by atoms with Gasteiger partial charge in [0.1, 0.15) is 5.65 Å². The zero-order valence-corrected chi connectivity index (χ0v) is 16.8. The number of pyridine rings is 1. The summed E-state index contributed by atoms with van der Waals surface area (Å²) in [5.74, 6) is 0.857. The van der Waals surface area contributed by atoms with E-state index in [1.165, 1.54) is 6.42 Å². The van der Waals surface area contributed by atoms with E-state index in [0.29, 0.717) is 18.8 Å². The van der Waals surface area contributed by atoms with Crippen LogP contribution in [0, 0.1) is 13.8 Å². The van der Waals surface area contributed by atoms with E-state index in [-0.39, 0.29) is 5.91 Å². The van der Waals surface area contributed by atoms with Crippen molar-refractivity contribution in [3.8, 4) is 0 Å². The van der Waals surface area contributed by atoms with Gasteiger partial charge in [-0.25, -0.2) is 4.98 Å². The maximum absolute atomic E-state index is 13.2. The number of hydrogen-bond acceptors (Lipinski definition) is 5. The highest BCUT2D eigenvalue weighted by Crippen LogP contribution is 2.21. The molecular weight excluding hydrogens is 354 g/mol. The van der Waals surface area contributed by atoms with Crippen LogP contribution in [0.5, 0.6) is 0 Å². The summed E-state index contributed by atoms with van der Waals surface area (Å²) in [6.45, 7) is 6.80. The van der Waals surface area contributed by atoms with Crippen molar-refractivity contribution in [3.63, 3.8) is 0 Å². The van der Waals surface area contributed by atoms with Crippen LogP contribution in [0.25, 0.3) is 5.65 Å². The number of piperidine rings is 1. The largest absolute Gasteiger partial charge is 0.360 e. The fourth-order valence-corrected chi connectivity index (χ4v) is 3.89. The minimum absolute atomic E-state index is 0.0432. The van der Waals surface area contributed by atoms with Crippen molar-refractivity contribution in [1.82, 2.24) is 24.3 Å². The van der Waals surface area contributed by atoms with Crippen molar-refractivity contribution in [2.24, 2.45) is 0 Å². The Labute approximate surface area is 164 Å². The number of nitrogens with zero attached hydrogens (tertiary/aromatic N) is 5. The van der Waals surface area contributed by atoms with Gasteiger partial charge in [0, 0.05) is 31.9 Å². The van der Waals surface area contributed by atoms with Crippen LogP contribution in [0.3, 0.4) is 0 Å². The highest BCUT2D eigenvalue weighted by atomic mass is 16.5. The van der Waals surface area contributed by atoms with Crippen LogP contribution in [-0.2, 0) is 13.1 Å². The molecule has 0 unspecified atom stereocenters. The summed E-state index contributed by atoms with van der Waals surface area (Å²) in [7, 11) is 2.02. The normalized spacial score (nSPS) is 14.9. The molecule has 7 nitrogen and oxygen atoms in total. The number of aromatic nitrogens is 3. The summed E-state index contributed by atoms with van der Waals surface area (Å²) in [4.78, 5) is 22.1. The Morgan fingerprint density at radius 2 is 2.00 bits per heavy atom. The van der Waals surface area contributed by atoms with E-state index < -0.39 is 0 Å². The van der Waals surface area contributed by atoms with Gasteiger partial charge in [-0.05, 0) is 51.8 Å². The summed E-state index contributed by atoms with van der Waals surface area (Å²) < 4.78 is 7.39. The van der Waals surface area contributed by atoms with Gasteiger partial charge in [0.15, 0.2) is 11.5 Å². The van der Waals surface area contributed by atoms with E-state index in [9.17, 15) is 4.79 Å². The molecule has 1 fully saturated rings. The fourth-order valence-electron chi connectivity index (χ4n) is 3.89. The average Bonchev–Trinajstić information content (AvgIpc) is 3.26. The SMILES string of the molecule is Cc1cc(CN(C)Cc2c(C(=O)N3CCCCC3)nc3c(C)cccn23)on1. The number of fused-ring (bicyclic) bond motifs is 1. The molecule has 1 saturated heterocycles. The Morgan fingerprint density at radius 3 is 2.71 bits per heavy atom. The van der Waals surface area contributed by atoms with E-state index >= 15 is 0 Å². The summed E-state index contributed by atoms with van der Waals surface area (Å²) in [6.07, 6.45) is 5.32. The second-order valence-corrected chi connectivity index (χ2v) is 7.75.